The van der Waals surface area contributed by atoms with Crippen molar-refractivity contribution in [3.63, 3.8) is 0 Å². The highest BCUT2D eigenvalue weighted by atomic mass is 16.4. The molecule has 88 valence electrons. The maximum Gasteiger partial charge on any atom is 0.304 e. The maximum atomic E-state index is 10.7. The molecule has 1 rings (SSSR count). The normalized spacial score (nSPS) is 12.5. The highest BCUT2D eigenvalue weighted by Crippen LogP contribution is 2.25. The van der Waals surface area contributed by atoms with E-state index in [9.17, 15) is 4.79 Å². The van der Waals surface area contributed by atoms with Gasteiger partial charge in [-0.05, 0) is 49.6 Å². The van der Waals surface area contributed by atoms with E-state index in [2.05, 4.69) is 19.1 Å². The van der Waals surface area contributed by atoms with Gasteiger partial charge in [0, 0.05) is 5.92 Å². The van der Waals surface area contributed by atoms with E-state index in [1.807, 2.05) is 13.8 Å². The lowest BCUT2D eigenvalue weighted by molar-refractivity contribution is -0.137. The Morgan fingerprint density at radius 2 is 1.81 bits per heavy atom. The molecule has 0 saturated heterocycles. The van der Waals surface area contributed by atoms with E-state index < -0.39 is 5.97 Å². The first-order valence-electron chi connectivity index (χ1n) is 5.45. The van der Waals surface area contributed by atoms with Gasteiger partial charge in [0.15, 0.2) is 0 Å². The van der Waals surface area contributed by atoms with Gasteiger partial charge < -0.3 is 10.8 Å². The molecule has 16 heavy (non-hydrogen) atoms. The van der Waals surface area contributed by atoms with Crippen LogP contribution in [0.4, 0.5) is 0 Å². The summed E-state index contributed by atoms with van der Waals surface area (Å²) < 4.78 is 0. The minimum atomic E-state index is -0.798. The van der Waals surface area contributed by atoms with Gasteiger partial charge in [0.05, 0.1) is 6.42 Å². The first-order chi connectivity index (χ1) is 7.45. The number of carboxylic acid groups (broad SMARTS) is 1. The van der Waals surface area contributed by atoms with Crippen molar-refractivity contribution in [3.8, 4) is 0 Å². The molecular weight excluding hydrogens is 202 g/mol. The van der Waals surface area contributed by atoms with Crippen LogP contribution in [0.3, 0.4) is 0 Å². The fourth-order valence-electron chi connectivity index (χ4n) is 1.95. The van der Waals surface area contributed by atoms with Crippen LogP contribution >= 0.6 is 0 Å². The Hall–Kier alpha value is -1.35. The topological polar surface area (TPSA) is 63.3 Å². The molecule has 3 nitrogen and oxygen atoms in total. The zero-order valence-corrected chi connectivity index (χ0v) is 10.1. The highest BCUT2D eigenvalue weighted by molar-refractivity contribution is 5.68. The summed E-state index contributed by atoms with van der Waals surface area (Å²) in [7, 11) is 0. The zero-order valence-electron chi connectivity index (χ0n) is 10.1. The lowest BCUT2D eigenvalue weighted by Crippen LogP contribution is -2.17. The molecule has 0 bridgehead atoms. The van der Waals surface area contributed by atoms with Crippen LogP contribution in [-0.2, 0) is 4.79 Å². The van der Waals surface area contributed by atoms with Crippen molar-refractivity contribution >= 4 is 5.97 Å². The second-order valence-corrected chi connectivity index (χ2v) is 4.32. The molecule has 0 amide bonds. The van der Waals surface area contributed by atoms with E-state index in [0.29, 0.717) is 6.54 Å². The molecule has 0 radical (unpaired) electrons. The molecule has 1 unspecified atom stereocenters. The van der Waals surface area contributed by atoms with Crippen molar-refractivity contribution in [1.82, 2.24) is 0 Å². The van der Waals surface area contributed by atoms with Gasteiger partial charge >= 0.3 is 5.97 Å². The van der Waals surface area contributed by atoms with E-state index >= 15 is 0 Å². The van der Waals surface area contributed by atoms with E-state index in [1.54, 1.807) is 0 Å². The zero-order chi connectivity index (χ0) is 12.3. The Bertz CT molecular complexity index is 399. The van der Waals surface area contributed by atoms with Crippen molar-refractivity contribution in [2.75, 3.05) is 6.54 Å². The largest absolute Gasteiger partial charge is 0.481 e. The van der Waals surface area contributed by atoms with E-state index in [-0.39, 0.29) is 12.3 Å². The SMILES string of the molecule is Cc1cc(C)c(C(CN)CC(=O)O)cc1C. The Kier molecular flexibility index (Phi) is 4.07. The number of nitrogens with two attached hydrogens (primary N) is 1. The summed E-state index contributed by atoms with van der Waals surface area (Å²) in [4.78, 5) is 10.7. The van der Waals surface area contributed by atoms with Gasteiger partial charge in [-0.2, -0.15) is 0 Å². The van der Waals surface area contributed by atoms with Crippen LogP contribution in [0.25, 0.3) is 0 Å². The third-order valence-corrected chi connectivity index (χ3v) is 3.03. The standard InChI is InChI=1S/C13H19NO2/c1-8-4-10(3)12(5-9(8)2)11(7-14)6-13(15)16/h4-5,11H,6-7,14H2,1-3H3,(H,15,16). The van der Waals surface area contributed by atoms with Crippen molar-refractivity contribution < 1.29 is 9.90 Å². The van der Waals surface area contributed by atoms with E-state index in [0.717, 1.165) is 11.1 Å². The van der Waals surface area contributed by atoms with Gasteiger partial charge in [-0.3, -0.25) is 4.79 Å². The molecule has 1 atom stereocenters. The number of benzene rings is 1. The number of aryl methyl sites for hydroxylation is 3. The Labute approximate surface area is 96.3 Å². The molecule has 0 aliphatic carbocycles. The number of hydrogen-bond acceptors (Lipinski definition) is 2. The quantitative estimate of drug-likeness (QED) is 0.818. The molecule has 3 N–H and O–H groups in total. The number of rotatable bonds is 4. The molecular formula is C13H19NO2. The first-order valence-corrected chi connectivity index (χ1v) is 5.45. The second-order valence-electron chi connectivity index (χ2n) is 4.32. The van der Waals surface area contributed by atoms with Crippen LogP contribution in [0.1, 0.15) is 34.6 Å². The Balaban J connectivity index is 3.09. The molecule has 1 aromatic carbocycles. The summed E-state index contributed by atoms with van der Waals surface area (Å²) in [6.45, 7) is 6.47. The predicted molar refractivity (Wildman–Crippen MR) is 64.7 cm³/mol. The Morgan fingerprint density at radius 3 is 2.31 bits per heavy atom. The third kappa shape index (κ3) is 2.83. The van der Waals surface area contributed by atoms with Crippen LogP contribution in [0.2, 0.25) is 0 Å². The summed E-state index contributed by atoms with van der Waals surface area (Å²) in [6.07, 6.45) is 0.0971. The Morgan fingerprint density at radius 1 is 1.25 bits per heavy atom. The van der Waals surface area contributed by atoms with Gasteiger partial charge in [0.25, 0.3) is 0 Å². The molecule has 0 saturated carbocycles. The van der Waals surface area contributed by atoms with Gasteiger partial charge in [-0.15, -0.1) is 0 Å². The van der Waals surface area contributed by atoms with Crippen LogP contribution in [-0.4, -0.2) is 17.6 Å². The molecule has 1 aromatic rings. The lowest BCUT2D eigenvalue weighted by Gasteiger charge is -2.17. The molecule has 0 spiro atoms. The van der Waals surface area contributed by atoms with Crippen molar-refractivity contribution in [3.05, 3.63) is 34.4 Å². The van der Waals surface area contributed by atoms with Crippen molar-refractivity contribution in [1.29, 1.82) is 0 Å². The third-order valence-electron chi connectivity index (χ3n) is 3.03. The van der Waals surface area contributed by atoms with Crippen LogP contribution < -0.4 is 5.73 Å². The molecule has 0 aliphatic heterocycles. The summed E-state index contributed by atoms with van der Waals surface area (Å²) in [5.74, 6) is -0.884. The summed E-state index contributed by atoms with van der Waals surface area (Å²) in [5, 5.41) is 8.84. The minimum absolute atomic E-state index is 0.0863. The van der Waals surface area contributed by atoms with Gasteiger partial charge in [-0.1, -0.05) is 12.1 Å². The molecule has 0 heterocycles. The van der Waals surface area contributed by atoms with Crippen LogP contribution in [0.5, 0.6) is 0 Å². The molecule has 3 heteroatoms. The summed E-state index contributed by atoms with van der Waals surface area (Å²) in [6, 6.07) is 4.15. The average Bonchev–Trinajstić information content (AvgIpc) is 2.20. The smallest absolute Gasteiger partial charge is 0.304 e. The summed E-state index contributed by atoms with van der Waals surface area (Å²) >= 11 is 0. The number of carbonyl (C=O) groups is 1. The number of hydrogen-bond donors (Lipinski definition) is 2. The van der Waals surface area contributed by atoms with Gasteiger partial charge in [0.2, 0.25) is 0 Å². The fourth-order valence-corrected chi connectivity index (χ4v) is 1.95. The lowest BCUT2D eigenvalue weighted by atomic mass is 9.89. The van der Waals surface area contributed by atoms with Crippen molar-refractivity contribution in [2.45, 2.75) is 33.1 Å². The monoisotopic (exact) mass is 221 g/mol. The number of carboxylic acids is 1. The van der Waals surface area contributed by atoms with E-state index in [4.69, 9.17) is 10.8 Å². The van der Waals surface area contributed by atoms with Gasteiger partial charge in [-0.25, -0.2) is 0 Å². The second kappa shape index (κ2) is 5.12. The van der Waals surface area contributed by atoms with Gasteiger partial charge in [0.1, 0.15) is 0 Å². The van der Waals surface area contributed by atoms with Crippen LogP contribution in [0, 0.1) is 20.8 Å². The van der Waals surface area contributed by atoms with Crippen LogP contribution in [0.15, 0.2) is 12.1 Å². The molecule has 0 aliphatic rings. The minimum Gasteiger partial charge on any atom is -0.481 e. The average molecular weight is 221 g/mol. The molecule has 0 aromatic heterocycles. The predicted octanol–water partition coefficient (Wildman–Crippen LogP) is 2.13. The number of aliphatic carboxylic acids is 1. The fraction of sp³-hybridized carbons (Fsp3) is 0.462. The maximum absolute atomic E-state index is 10.7. The molecule has 0 fully saturated rings. The first kappa shape index (κ1) is 12.7. The van der Waals surface area contributed by atoms with Crippen molar-refractivity contribution in [2.24, 2.45) is 5.73 Å². The highest BCUT2D eigenvalue weighted by Gasteiger charge is 2.16. The van der Waals surface area contributed by atoms with E-state index in [1.165, 1.54) is 11.1 Å². The summed E-state index contributed by atoms with van der Waals surface area (Å²) in [5.41, 5.74) is 10.2.